The van der Waals surface area contributed by atoms with Crippen LogP contribution in [-0.2, 0) is 6.54 Å². The third kappa shape index (κ3) is 3.42. The Hall–Kier alpha value is -0.750. The van der Waals surface area contributed by atoms with E-state index in [0.29, 0.717) is 16.9 Å². The summed E-state index contributed by atoms with van der Waals surface area (Å²) in [6.07, 6.45) is -5.09. The van der Waals surface area contributed by atoms with Crippen molar-refractivity contribution in [1.29, 1.82) is 0 Å². The number of rotatable bonds is 3. The van der Waals surface area contributed by atoms with E-state index in [9.17, 15) is 13.2 Å². The lowest BCUT2D eigenvalue weighted by atomic mass is 10.3. The Labute approximate surface area is 121 Å². The molecular weight excluding hydrogens is 344 g/mol. The molecule has 0 aliphatic carbocycles. The number of fused-ring (bicyclic) bond motifs is 1. The van der Waals surface area contributed by atoms with Crippen molar-refractivity contribution in [3.8, 4) is 0 Å². The maximum absolute atomic E-state index is 12.4. The molecular formula is C12H11BrClF3N2. The van der Waals surface area contributed by atoms with Gasteiger partial charge in [-0.2, -0.15) is 13.2 Å². The summed E-state index contributed by atoms with van der Waals surface area (Å²) in [6.45, 7) is 1.52. The molecule has 0 radical (unpaired) electrons. The molecule has 0 saturated heterocycles. The van der Waals surface area contributed by atoms with Gasteiger partial charge in [0, 0.05) is 11.0 Å². The number of imidazole rings is 1. The minimum absolute atomic E-state index is 0.173. The molecule has 0 aliphatic rings. The molecule has 0 saturated carbocycles. The van der Waals surface area contributed by atoms with E-state index in [1.54, 1.807) is 25.1 Å². The zero-order valence-electron chi connectivity index (χ0n) is 10.0. The van der Waals surface area contributed by atoms with Crippen molar-refractivity contribution in [2.24, 2.45) is 0 Å². The largest absolute Gasteiger partial charge is 0.390 e. The summed E-state index contributed by atoms with van der Waals surface area (Å²) in [5.74, 6) is 0.457. The molecule has 104 valence electrons. The Morgan fingerprint density at radius 3 is 2.68 bits per heavy atom. The van der Waals surface area contributed by atoms with Gasteiger partial charge < -0.3 is 4.57 Å². The number of nitrogens with zero attached hydrogens (tertiary/aromatic N) is 2. The molecule has 0 aliphatic heterocycles. The van der Waals surface area contributed by atoms with Crippen LogP contribution in [0.3, 0.4) is 0 Å². The van der Waals surface area contributed by atoms with Gasteiger partial charge in [0.25, 0.3) is 0 Å². The van der Waals surface area contributed by atoms with E-state index in [1.807, 2.05) is 0 Å². The van der Waals surface area contributed by atoms with E-state index in [2.05, 4.69) is 20.9 Å². The SMILES string of the molecule is CC(Cl)c1nc2cc(Br)ccc2n1CCC(F)(F)F. The zero-order chi connectivity index (χ0) is 14.2. The monoisotopic (exact) mass is 354 g/mol. The summed E-state index contributed by atoms with van der Waals surface area (Å²) < 4.78 is 39.5. The minimum Gasteiger partial charge on any atom is -0.326 e. The molecule has 0 spiro atoms. The molecule has 1 heterocycles. The second kappa shape index (κ2) is 5.32. The van der Waals surface area contributed by atoms with Crippen LogP contribution in [0.5, 0.6) is 0 Å². The number of alkyl halides is 4. The summed E-state index contributed by atoms with van der Waals surface area (Å²) in [7, 11) is 0. The Kier molecular flexibility index (Phi) is 4.11. The number of hydrogen-bond donors (Lipinski definition) is 0. The van der Waals surface area contributed by atoms with E-state index in [0.717, 1.165) is 4.47 Å². The summed E-state index contributed by atoms with van der Waals surface area (Å²) in [5, 5.41) is -0.445. The normalized spacial score (nSPS) is 14.0. The third-order valence-electron chi connectivity index (χ3n) is 2.71. The van der Waals surface area contributed by atoms with Gasteiger partial charge in [0.15, 0.2) is 0 Å². The maximum Gasteiger partial charge on any atom is 0.390 e. The molecule has 0 amide bonds. The molecule has 1 aromatic heterocycles. The second-order valence-corrected chi connectivity index (χ2v) is 5.81. The number of aryl methyl sites for hydroxylation is 1. The molecule has 19 heavy (non-hydrogen) atoms. The molecule has 2 rings (SSSR count). The third-order valence-corrected chi connectivity index (χ3v) is 3.40. The van der Waals surface area contributed by atoms with Crippen molar-refractivity contribution in [2.75, 3.05) is 0 Å². The predicted molar refractivity (Wildman–Crippen MR) is 72.4 cm³/mol. The van der Waals surface area contributed by atoms with Gasteiger partial charge in [-0.3, -0.25) is 0 Å². The fraction of sp³-hybridized carbons (Fsp3) is 0.417. The van der Waals surface area contributed by atoms with Crippen LogP contribution >= 0.6 is 27.5 Å². The van der Waals surface area contributed by atoms with Crippen LogP contribution in [0.15, 0.2) is 22.7 Å². The highest BCUT2D eigenvalue weighted by Crippen LogP contribution is 2.29. The van der Waals surface area contributed by atoms with Crippen molar-refractivity contribution in [3.05, 3.63) is 28.5 Å². The Morgan fingerprint density at radius 1 is 1.42 bits per heavy atom. The first-order valence-corrected chi connectivity index (χ1v) is 6.87. The Bertz CT molecular complexity index is 592. The summed E-state index contributed by atoms with van der Waals surface area (Å²) in [4.78, 5) is 4.31. The van der Waals surface area contributed by atoms with Crippen molar-refractivity contribution in [3.63, 3.8) is 0 Å². The van der Waals surface area contributed by atoms with Gasteiger partial charge in [-0.1, -0.05) is 15.9 Å². The second-order valence-electron chi connectivity index (χ2n) is 4.24. The highest BCUT2D eigenvalue weighted by atomic mass is 79.9. The van der Waals surface area contributed by atoms with E-state index in [1.165, 1.54) is 4.57 Å². The molecule has 0 fully saturated rings. The number of benzene rings is 1. The summed E-state index contributed by atoms with van der Waals surface area (Å²) >= 11 is 9.31. The van der Waals surface area contributed by atoms with Gasteiger partial charge in [-0.15, -0.1) is 11.6 Å². The highest BCUT2D eigenvalue weighted by Gasteiger charge is 2.28. The maximum atomic E-state index is 12.4. The predicted octanol–water partition coefficient (Wildman–Crippen LogP) is 5.05. The fourth-order valence-corrected chi connectivity index (χ4v) is 2.41. The quantitative estimate of drug-likeness (QED) is 0.704. The average Bonchev–Trinajstić information content (AvgIpc) is 2.63. The molecule has 1 unspecified atom stereocenters. The highest BCUT2D eigenvalue weighted by molar-refractivity contribution is 9.10. The van der Waals surface area contributed by atoms with Crippen molar-refractivity contribution >= 4 is 38.6 Å². The van der Waals surface area contributed by atoms with Gasteiger partial charge in [0.1, 0.15) is 5.82 Å². The van der Waals surface area contributed by atoms with Crippen LogP contribution in [0.1, 0.15) is 24.5 Å². The lowest BCUT2D eigenvalue weighted by molar-refractivity contribution is -0.136. The van der Waals surface area contributed by atoms with E-state index < -0.39 is 18.0 Å². The number of hydrogen-bond acceptors (Lipinski definition) is 1. The van der Waals surface area contributed by atoms with Crippen LogP contribution < -0.4 is 0 Å². The smallest absolute Gasteiger partial charge is 0.326 e. The van der Waals surface area contributed by atoms with Crippen LogP contribution in [0.25, 0.3) is 11.0 Å². The summed E-state index contributed by atoms with van der Waals surface area (Å²) in [6, 6.07) is 5.28. The lowest BCUT2D eigenvalue weighted by Gasteiger charge is -2.12. The first-order chi connectivity index (χ1) is 8.78. The van der Waals surface area contributed by atoms with Crippen molar-refractivity contribution in [2.45, 2.75) is 31.4 Å². The fourth-order valence-electron chi connectivity index (χ4n) is 1.90. The number of aromatic nitrogens is 2. The molecule has 1 aromatic carbocycles. The van der Waals surface area contributed by atoms with Gasteiger partial charge in [-0.25, -0.2) is 4.98 Å². The van der Waals surface area contributed by atoms with E-state index in [-0.39, 0.29) is 6.54 Å². The van der Waals surface area contributed by atoms with Crippen LogP contribution in [-0.4, -0.2) is 15.7 Å². The van der Waals surface area contributed by atoms with Crippen LogP contribution in [0, 0.1) is 0 Å². The van der Waals surface area contributed by atoms with Crippen LogP contribution in [0.4, 0.5) is 13.2 Å². The number of halogens is 5. The van der Waals surface area contributed by atoms with Crippen molar-refractivity contribution < 1.29 is 13.2 Å². The van der Waals surface area contributed by atoms with Gasteiger partial charge in [0.05, 0.1) is 22.8 Å². The van der Waals surface area contributed by atoms with Crippen LogP contribution in [0.2, 0.25) is 0 Å². The minimum atomic E-state index is -4.20. The standard InChI is InChI=1S/C12H11BrClF3N2/c1-7(14)11-18-9-6-8(13)2-3-10(9)19(11)5-4-12(15,16)17/h2-3,6-7H,4-5H2,1H3. The van der Waals surface area contributed by atoms with E-state index >= 15 is 0 Å². The molecule has 0 bridgehead atoms. The zero-order valence-corrected chi connectivity index (χ0v) is 12.3. The molecule has 7 heteroatoms. The molecule has 2 nitrogen and oxygen atoms in total. The summed E-state index contributed by atoms with van der Waals surface area (Å²) in [5.41, 5.74) is 1.30. The van der Waals surface area contributed by atoms with E-state index in [4.69, 9.17) is 11.6 Å². The first-order valence-electron chi connectivity index (χ1n) is 5.64. The first kappa shape index (κ1) is 14.7. The van der Waals surface area contributed by atoms with Crippen molar-refractivity contribution in [1.82, 2.24) is 9.55 Å². The van der Waals surface area contributed by atoms with Gasteiger partial charge in [-0.05, 0) is 25.1 Å². The lowest BCUT2D eigenvalue weighted by Crippen LogP contribution is -2.14. The Balaban J connectivity index is 2.46. The van der Waals surface area contributed by atoms with Gasteiger partial charge in [0.2, 0.25) is 0 Å². The molecule has 0 N–H and O–H groups in total. The van der Waals surface area contributed by atoms with Gasteiger partial charge >= 0.3 is 6.18 Å². The average molecular weight is 356 g/mol. The topological polar surface area (TPSA) is 17.8 Å². The Morgan fingerprint density at radius 2 is 2.11 bits per heavy atom. The molecule has 1 atom stereocenters. The molecule has 2 aromatic rings.